The van der Waals surface area contributed by atoms with Gasteiger partial charge in [-0.2, -0.15) is 0 Å². The average Bonchev–Trinajstić information content (AvgIpc) is 2.33. The van der Waals surface area contributed by atoms with Crippen molar-refractivity contribution >= 4 is 0 Å². The monoisotopic (exact) mass is 249 g/mol. The van der Waals surface area contributed by atoms with Crippen LogP contribution in [0.5, 0.6) is 0 Å². The lowest BCUT2D eigenvalue weighted by Crippen LogP contribution is -2.22. The fourth-order valence-electron chi connectivity index (χ4n) is 2.40. The first-order valence-electron chi connectivity index (χ1n) is 6.90. The van der Waals surface area contributed by atoms with E-state index in [9.17, 15) is 0 Å². The second-order valence-corrected chi connectivity index (χ2v) is 5.04. The van der Waals surface area contributed by atoms with Crippen molar-refractivity contribution in [3.63, 3.8) is 0 Å². The van der Waals surface area contributed by atoms with Crippen molar-refractivity contribution in [1.82, 2.24) is 5.32 Å². The van der Waals surface area contributed by atoms with E-state index in [0.717, 1.165) is 26.0 Å². The van der Waals surface area contributed by atoms with Crippen LogP contribution in [0.25, 0.3) is 0 Å². The fourth-order valence-corrected chi connectivity index (χ4v) is 2.40. The molecule has 0 saturated carbocycles. The highest BCUT2D eigenvalue weighted by molar-refractivity contribution is 5.38. The second-order valence-electron chi connectivity index (χ2n) is 5.04. The summed E-state index contributed by atoms with van der Waals surface area (Å²) in [7, 11) is 1.77. The predicted octanol–water partition coefficient (Wildman–Crippen LogP) is 3.69. The molecule has 0 spiro atoms. The smallest absolute Gasteiger partial charge is 0.0462 e. The van der Waals surface area contributed by atoms with Gasteiger partial charge in [-0.25, -0.2) is 0 Å². The molecule has 1 unspecified atom stereocenters. The molecular weight excluding hydrogens is 222 g/mol. The fraction of sp³-hybridized carbons (Fsp3) is 0.625. The van der Waals surface area contributed by atoms with Gasteiger partial charge in [0.05, 0.1) is 0 Å². The summed E-state index contributed by atoms with van der Waals surface area (Å²) in [6.45, 7) is 10.6. The van der Waals surface area contributed by atoms with Crippen LogP contribution in [0.15, 0.2) is 12.1 Å². The molecule has 1 aromatic rings. The highest BCUT2D eigenvalue weighted by Crippen LogP contribution is 2.25. The van der Waals surface area contributed by atoms with Crippen LogP contribution in [0.2, 0.25) is 0 Å². The quantitative estimate of drug-likeness (QED) is 0.744. The molecule has 1 atom stereocenters. The van der Waals surface area contributed by atoms with Gasteiger partial charge < -0.3 is 10.1 Å². The molecule has 1 aromatic carbocycles. The maximum Gasteiger partial charge on any atom is 0.0462 e. The van der Waals surface area contributed by atoms with Gasteiger partial charge in [-0.15, -0.1) is 0 Å². The zero-order chi connectivity index (χ0) is 13.5. The Bertz CT molecular complexity index is 374. The summed E-state index contributed by atoms with van der Waals surface area (Å²) in [4.78, 5) is 0. The summed E-state index contributed by atoms with van der Waals surface area (Å²) in [6.07, 6.45) is 2.23. The molecule has 1 rings (SSSR count). The third-order valence-corrected chi connectivity index (χ3v) is 3.55. The molecule has 18 heavy (non-hydrogen) atoms. The van der Waals surface area contributed by atoms with E-state index in [1.165, 1.54) is 22.3 Å². The summed E-state index contributed by atoms with van der Waals surface area (Å²) in [5.74, 6) is 0. The van der Waals surface area contributed by atoms with Crippen molar-refractivity contribution in [3.05, 3.63) is 34.4 Å². The zero-order valence-corrected chi connectivity index (χ0v) is 12.5. The second kappa shape index (κ2) is 7.55. The third kappa shape index (κ3) is 4.11. The minimum atomic E-state index is 0.449. The molecule has 2 heteroatoms. The summed E-state index contributed by atoms with van der Waals surface area (Å²) >= 11 is 0. The number of hydrogen-bond acceptors (Lipinski definition) is 2. The Hall–Kier alpha value is -0.860. The Morgan fingerprint density at radius 2 is 1.78 bits per heavy atom. The first-order chi connectivity index (χ1) is 8.60. The van der Waals surface area contributed by atoms with Crippen LogP contribution in [0, 0.1) is 20.8 Å². The Kier molecular flexibility index (Phi) is 6.37. The normalized spacial score (nSPS) is 12.7. The van der Waals surface area contributed by atoms with Crippen LogP contribution in [0.1, 0.15) is 48.1 Å². The van der Waals surface area contributed by atoms with E-state index in [2.05, 4.69) is 45.1 Å². The highest BCUT2D eigenvalue weighted by Gasteiger charge is 2.13. The van der Waals surface area contributed by atoms with E-state index in [1.54, 1.807) is 7.11 Å². The first kappa shape index (κ1) is 15.2. The molecule has 0 heterocycles. The third-order valence-electron chi connectivity index (χ3n) is 3.55. The number of benzene rings is 1. The van der Waals surface area contributed by atoms with Gasteiger partial charge in [0.25, 0.3) is 0 Å². The summed E-state index contributed by atoms with van der Waals surface area (Å²) < 4.78 is 5.15. The van der Waals surface area contributed by atoms with E-state index < -0.39 is 0 Å². The molecular formula is C16H27NO. The number of hydrogen-bond donors (Lipinski definition) is 1. The Balaban J connectivity index is 2.87. The zero-order valence-electron chi connectivity index (χ0n) is 12.5. The van der Waals surface area contributed by atoms with Crippen LogP contribution in [0.3, 0.4) is 0 Å². The number of aryl methyl sites for hydroxylation is 3. The molecule has 102 valence electrons. The van der Waals surface area contributed by atoms with E-state index in [1.807, 2.05) is 0 Å². The van der Waals surface area contributed by atoms with Gasteiger partial charge >= 0.3 is 0 Å². The summed E-state index contributed by atoms with van der Waals surface area (Å²) in [5, 5.41) is 3.59. The standard InChI is InChI=1S/C16H27NO/c1-6-17-16(8-7-9-18-5)15-11-13(3)12(2)10-14(15)4/h10-11,16-17H,6-9H2,1-5H3. The molecule has 0 aliphatic heterocycles. The van der Waals surface area contributed by atoms with Gasteiger partial charge in [0, 0.05) is 19.8 Å². The molecule has 0 aliphatic rings. The number of ether oxygens (including phenoxy) is 1. The van der Waals surface area contributed by atoms with Gasteiger partial charge in [0.1, 0.15) is 0 Å². The molecule has 0 fully saturated rings. The topological polar surface area (TPSA) is 21.3 Å². The van der Waals surface area contributed by atoms with Crippen LogP contribution < -0.4 is 5.32 Å². The largest absolute Gasteiger partial charge is 0.385 e. The van der Waals surface area contributed by atoms with Gasteiger partial charge in [-0.3, -0.25) is 0 Å². The number of methoxy groups -OCH3 is 1. The molecule has 1 N–H and O–H groups in total. The minimum Gasteiger partial charge on any atom is -0.385 e. The van der Waals surface area contributed by atoms with Crippen molar-refractivity contribution in [3.8, 4) is 0 Å². The van der Waals surface area contributed by atoms with E-state index in [0.29, 0.717) is 6.04 Å². The molecule has 0 amide bonds. The number of nitrogens with one attached hydrogen (secondary N) is 1. The molecule has 0 aromatic heterocycles. The van der Waals surface area contributed by atoms with Crippen molar-refractivity contribution in [2.45, 2.75) is 46.6 Å². The maximum atomic E-state index is 5.15. The molecule has 0 saturated heterocycles. The van der Waals surface area contributed by atoms with E-state index in [-0.39, 0.29) is 0 Å². The van der Waals surface area contributed by atoms with Gasteiger partial charge in [-0.05, 0) is 62.4 Å². The molecule has 0 bridgehead atoms. The SMILES string of the molecule is CCNC(CCCOC)c1cc(C)c(C)cc1C. The lowest BCUT2D eigenvalue weighted by atomic mass is 9.93. The highest BCUT2D eigenvalue weighted by atomic mass is 16.5. The van der Waals surface area contributed by atoms with E-state index in [4.69, 9.17) is 4.74 Å². The number of rotatable bonds is 7. The Labute approximate surface area is 112 Å². The molecule has 0 aliphatic carbocycles. The molecule has 2 nitrogen and oxygen atoms in total. The van der Waals surface area contributed by atoms with Crippen molar-refractivity contribution in [2.24, 2.45) is 0 Å². The van der Waals surface area contributed by atoms with Gasteiger partial charge in [0.15, 0.2) is 0 Å². The first-order valence-corrected chi connectivity index (χ1v) is 6.90. The average molecular weight is 249 g/mol. The summed E-state index contributed by atoms with van der Waals surface area (Å²) in [5.41, 5.74) is 5.59. The molecule has 0 radical (unpaired) electrons. The van der Waals surface area contributed by atoms with Crippen molar-refractivity contribution < 1.29 is 4.74 Å². The maximum absolute atomic E-state index is 5.15. The van der Waals surface area contributed by atoms with Crippen molar-refractivity contribution in [2.75, 3.05) is 20.3 Å². The lowest BCUT2D eigenvalue weighted by molar-refractivity contribution is 0.189. The van der Waals surface area contributed by atoms with Crippen LogP contribution in [0.4, 0.5) is 0 Å². The lowest BCUT2D eigenvalue weighted by Gasteiger charge is -2.21. The summed E-state index contributed by atoms with van der Waals surface area (Å²) in [6, 6.07) is 5.08. The minimum absolute atomic E-state index is 0.449. The predicted molar refractivity (Wildman–Crippen MR) is 78.2 cm³/mol. The van der Waals surface area contributed by atoms with Gasteiger partial charge in [-0.1, -0.05) is 19.1 Å². The van der Waals surface area contributed by atoms with Crippen LogP contribution >= 0.6 is 0 Å². The Morgan fingerprint density at radius 1 is 1.11 bits per heavy atom. The van der Waals surface area contributed by atoms with Gasteiger partial charge in [0.2, 0.25) is 0 Å². The van der Waals surface area contributed by atoms with E-state index >= 15 is 0 Å². The Morgan fingerprint density at radius 3 is 2.39 bits per heavy atom. The van der Waals surface area contributed by atoms with Crippen LogP contribution in [-0.4, -0.2) is 20.3 Å². The van der Waals surface area contributed by atoms with Crippen LogP contribution in [-0.2, 0) is 4.74 Å². The van der Waals surface area contributed by atoms with Crippen molar-refractivity contribution in [1.29, 1.82) is 0 Å².